The molecule has 0 spiro atoms. The fraction of sp³-hybridized carbons (Fsp3) is 0.657. The highest BCUT2D eigenvalue weighted by molar-refractivity contribution is 7.90. The molecule has 1 unspecified atom stereocenters. The number of nitrogens with zero attached hydrogens (tertiary/aromatic N) is 2. The third kappa shape index (κ3) is 9.08. The summed E-state index contributed by atoms with van der Waals surface area (Å²) in [5.74, 6) is -4.52. The van der Waals surface area contributed by atoms with Crippen molar-refractivity contribution in [2.24, 2.45) is 22.7 Å². The molecule has 3 rings (SSSR count). The van der Waals surface area contributed by atoms with Crippen LogP contribution in [-0.2, 0) is 38.8 Å². The highest BCUT2D eigenvalue weighted by atomic mass is 32.2. The van der Waals surface area contributed by atoms with Crippen LogP contribution in [0.15, 0.2) is 30.3 Å². The van der Waals surface area contributed by atoms with Crippen LogP contribution in [0.2, 0.25) is 0 Å². The number of likely N-dealkylation sites (N-methyl/N-ethyl adjacent to an activating group) is 1. The molecule has 1 heterocycles. The maximum absolute atomic E-state index is 14.1. The summed E-state index contributed by atoms with van der Waals surface area (Å²) in [6.45, 7) is 13.7. The van der Waals surface area contributed by atoms with E-state index in [1.54, 1.807) is 72.1 Å². The molecule has 1 aromatic carbocycles. The van der Waals surface area contributed by atoms with Crippen LogP contribution < -0.4 is 20.7 Å². The number of ketones is 1. The largest absolute Gasteiger partial charge is 0.347 e. The zero-order valence-electron chi connectivity index (χ0n) is 30.8. The Labute approximate surface area is 295 Å². The number of piperidine rings is 1. The van der Waals surface area contributed by atoms with Crippen LogP contribution >= 0.6 is 0 Å². The zero-order chi connectivity index (χ0) is 37.9. The number of amides is 5. The van der Waals surface area contributed by atoms with E-state index >= 15 is 0 Å². The minimum Gasteiger partial charge on any atom is -0.347 e. The first-order valence-corrected chi connectivity index (χ1v) is 18.6. The molecule has 2 aliphatic rings. The molecular weight excluding hydrogens is 664 g/mol. The second kappa shape index (κ2) is 15.6. The number of fused-ring (bicyclic) bond motifs is 1. The minimum atomic E-state index is -3.84. The first-order chi connectivity index (χ1) is 23.1. The smallest absolute Gasteiger partial charge is 0.290 e. The molecule has 0 aromatic heterocycles. The lowest BCUT2D eigenvalue weighted by Gasteiger charge is -2.38. The quantitative estimate of drug-likeness (QED) is 0.194. The lowest BCUT2D eigenvalue weighted by molar-refractivity contribution is -0.145. The van der Waals surface area contributed by atoms with E-state index in [2.05, 4.69) is 20.7 Å². The van der Waals surface area contributed by atoms with Crippen molar-refractivity contribution in [3.63, 3.8) is 0 Å². The average Bonchev–Trinajstić information content (AvgIpc) is 3.33. The third-order valence-electron chi connectivity index (χ3n) is 9.75. The molecule has 278 valence electrons. The Morgan fingerprint density at radius 3 is 2.12 bits per heavy atom. The molecule has 1 saturated heterocycles. The Bertz CT molecular complexity index is 1570. The summed E-state index contributed by atoms with van der Waals surface area (Å²) in [7, 11) is -0.739. The summed E-state index contributed by atoms with van der Waals surface area (Å²) in [6, 6.07) is 4.21. The van der Waals surface area contributed by atoms with Crippen molar-refractivity contribution in [1.82, 2.24) is 30.5 Å². The predicted octanol–water partition coefficient (Wildman–Crippen LogP) is 1.13. The molecule has 1 saturated carbocycles. The molecule has 5 amide bonds. The van der Waals surface area contributed by atoms with Gasteiger partial charge in [-0.1, -0.05) is 78.3 Å². The van der Waals surface area contributed by atoms with Gasteiger partial charge in [0.15, 0.2) is 0 Å². The Balaban J connectivity index is 1.75. The number of sulfonamides is 1. The maximum Gasteiger partial charge on any atom is 0.290 e. The van der Waals surface area contributed by atoms with Gasteiger partial charge in [-0.25, -0.2) is 13.1 Å². The van der Waals surface area contributed by atoms with Gasteiger partial charge < -0.3 is 25.8 Å². The van der Waals surface area contributed by atoms with Gasteiger partial charge in [0.2, 0.25) is 39.4 Å². The summed E-state index contributed by atoms with van der Waals surface area (Å²) < 4.78 is 28.2. The van der Waals surface area contributed by atoms with Gasteiger partial charge in [0.05, 0.1) is 17.8 Å². The Kier molecular flexibility index (Phi) is 12.6. The van der Waals surface area contributed by atoms with E-state index in [-0.39, 0.29) is 36.1 Å². The molecule has 2 fully saturated rings. The molecule has 0 radical (unpaired) electrons. The SMILES string of the molecule is CCC[C@@H](NC(=O)[C@@H]1[C@@H]2C(CN1C(=O)[C@@H](NS(=O)(=O)C(C)C)C(C)(C)C)C2(C)C)C(=O)C(=O)NCC(=O)N[C@H](C(=O)N(C)C)c1ccccc1. The van der Waals surface area contributed by atoms with Crippen LogP contribution in [0.1, 0.15) is 79.8 Å². The number of carbonyl (C=O) groups is 6. The number of hydrogen-bond acceptors (Lipinski definition) is 8. The van der Waals surface area contributed by atoms with Gasteiger partial charge in [-0.15, -0.1) is 0 Å². The molecule has 6 atom stereocenters. The minimum absolute atomic E-state index is 0.00856. The maximum atomic E-state index is 14.1. The monoisotopic (exact) mass is 718 g/mol. The summed E-state index contributed by atoms with van der Waals surface area (Å²) in [6.07, 6.45) is 0.554. The molecule has 1 aliphatic heterocycles. The van der Waals surface area contributed by atoms with Gasteiger partial charge in [0, 0.05) is 20.6 Å². The fourth-order valence-corrected chi connectivity index (χ4v) is 7.56. The molecule has 15 heteroatoms. The van der Waals surface area contributed by atoms with E-state index in [1.807, 2.05) is 13.8 Å². The van der Waals surface area contributed by atoms with Gasteiger partial charge >= 0.3 is 0 Å². The predicted molar refractivity (Wildman–Crippen MR) is 188 cm³/mol. The highest BCUT2D eigenvalue weighted by Crippen LogP contribution is 2.65. The van der Waals surface area contributed by atoms with Gasteiger partial charge in [0.25, 0.3) is 5.91 Å². The summed E-state index contributed by atoms with van der Waals surface area (Å²) >= 11 is 0. The first kappa shape index (κ1) is 40.6. The van der Waals surface area contributed by atoms with E-state index in [9.17, 15) is 37.2 Å². The highest BCUT2D eigenvalue weighted by Gasteiger charge is 2.70. The van der Waals surface area contributed by atoms with Gasteiger partial charge in [-0.2, -0.15) is 0 Å². The van der Waals surface area contributed by atoms with Crippen molar-refractivity contribution in [2.45, 2.75) is 97.6 Å². The van der Waals surface area contributed by atoms with Crippen molar-refractivity contribution in [3.05, 3.63) is 35.9 Å². The Morgan fingerprint density at radius 1 is 1.00 bits per heavy atom. The van der Waals surface area contributed by atoms with Crippen molar-refractivity contribution >= 4 is 45.3 Å². The second-order valence-corrected chi connectivity index (χ2v) is 17.7. The summed E-state index contributed by atoms with van der Waals surface area (Å²) in [5, 5.41) is 6.82. The van der Waals surface area contributed by atoms with Crippen LogP contribution in [0.5, 0.6) is 0 Å². The van der Waals surface area contributed by atoms with Crippen molar-refractivity contribution in [1.29, 1.82) is 0 Å². The second-order valence-electron chi connectivity index (χ2n) is 15.4. The van der Waals surface area contributed by atoms with Crippen LogP contribution in [0.4, 0.5) is 0 Å². The number of benzene rings is 1. The van der Waals surface area contributed by atoms with Crippen molar-refractivity contribution in [3.8, 4) is 0 Å². The molecule has 50 heavy (non-hydrogen) atoms. The third-order valence-corrected chi connectivity index (χ3v) is 11.6. The van der Waals surface area contributed by atoms with Gasteiger partial charge in [-0.05, 0) is 48.5 Å². The number of Topliss-reactive ketones (excluding diaryl/α,β-unsaturated/α-hetero) is 1. The van der Waals surface area contributed by atoms with E-state index < -0.39 is 80.8 Å². The van der Waals surface area contributed by atoms with E-state index in [4.69, 9.17) is 0 Å². The topological polar surface area (TPSA) is 191 Å². The fourth-order valence-electron chi connectivity index (χ4n) is 6.50. The molecule has 14 nitrogen and oxygen atoms in total. The number of nitrogens with one attached hydrogen (secondary N) is 4. The number of carbonyl (C=O) groups excluding carboxylic acids is 6. The number of likely N-dealkylation sites (tertiary alicyclic amines) is 1. The lowest BCUT2D eigenvalue weighted by Crippen LogP contribution is -2.61. The normalized spacial score (nSPS) is 21.3. The molecule has 4 N–H and O–H groups in total. The summed E-state index contributed by atoms with van der Waals surface area (Å²) in [4.78, 5) is 82.7. The average molecular weight is 719 g/mol. The number of hydrogen-bond donors (Lipinski definition) is 4. The van der Waals surface area contributed by atoms with Gasteiger partial charge in [-0.3, -0.25) is 28.8 Å². The Morgan fingerprint density at radius 2 is 1.60 bits per heavy atom. The first-order valence-electron chi connectivity index (χ1n) is 17.1. The van der Waals surface area contributed by atoms with E-state index in [0.717, 1.165) is 0 Å². The lowest BCUT2D eigenvalue weighted by atomic mass is 9.86. The Hall–Kier alpha value is -3.85. The zero-order valence-corrected chi connectivity index (χ0v) is 31.6. The standard InChI is InChI=1S/C35H54N6O8S/c1-11-15-23(28(43)31(45)36-18-24(42)38-26(32(46)40(9)10)21-16-13-12-14-17-21)37-30(44)27-25-22(35(25,7)8)19-41(27)33(47)29(34(4,5)6)39-50(48,49)20(2)3/h12-14,16-17,20,22-23,25-27,29,39H,11,15,18-19H2,1-10H3,(H,36,45)(H,37,44)(H,38,42)/t22?,23-,25+,26+,27+,29-/m1/s1. The molecule has 1 aliphatic carbocycles. The van der Waals surface area contributed by atoms with Crippen molar-refractivity contribution in [2.75, 3.05) is 27.2 Å². The molecule has 1 aromatic rings. The van der Waals surface area contributed by atoms with E-state index in [1.165, 1.54) is 23.6 Å². The van der Waals surface area contributed by atoms with Crippen LogP contribution in [0.3, 0.4) is 0 Å². The van der Waals surface area contributed by atoms with Crippen molar-refractivity contribution < 1.29 is 37.2 Å². The summed E-state index contributed by atoms with van der Waals surface area (Å²) in [5.41, 5.74) is -0.554. The molecule has 0 bridgehead atoms. The van der Waals surface area contributed by atoms with E-state index in [0.29, 0.717) is 12.0 Å². The molecular formula is C35H54N6O8S. The van der Waals surface area contributed by atoms with Crippen LogP contribution in [-0.4, -0.2) is 104 Å². The van der Waals surface area contributed by atoms with Gasteiger partial charge in [0.1, 0.15) is 18.1 Å². The van der Waals surface area contributed by atoms with Crippen LogP contribution in [0.25, 0.3) is 0 Å². The number of rotatable bonds is 15. The van der Waals surface area contributed by atoms with Crippen LogP contribution in [0, 0.1) is 22.7 Å².